The number of hydrogen-bond donors (Lipinski definition) is 2. The summed E-state index contributed by atoms with van der Waals surface area (Å²) in [5.41, 5.74) is 0. The molecule has 1 amide bonds. The molecular formula is C14H27N3O2. The number of likely N-dealkylation sites (tertiary alicyclic amines) is 1. The van der Waals surface area contributed by atoms with Gasteiger partial charge < -0.3 is 20.3 Å². The van der Waals surface area contributed by atoms with Crippen LogP contribution in [0, 0.1) is 5.92 Å². The first-order chi connectivity index (χ1) is 9.28. The Morgan fingerprint density at radius 1 is 1.37 bits per heavy atom. The Hall–Kier alpha value is -0.650. The van der Waals surface area contributed by atoms with Crippen molar-refractivity contribution in [2.24, 2.45) is 5.92 Å². The molecule has 0 saturated carbocycles. The first kappa shape index (κ1) is 14.8. The maximum absolute atomic E-state index is 11.7. The van der Waals surface area contributed by atoms with Gasteiger partial charge in [0.25, 0.3) is 0 Å². The summed E-state index contributed by atoms with van der Waals surface area (Å²) >= 11 is 0. The summed E-state index contributed by atoms with van der Waals surface area (Å²) < 4.78 is 5.64. The number of ether oxygens (including phenoxy) is 1. The van der Waals surface area contributed by atoms with Crippen molar-refractivity contribution >= 4 is 5.91 Å². The maximum atomic E-state index is 11.7. The molecule has 0 radical (unpaired) electrons. The number of carbonyl (C=O) groups is 1. The molecule has 2 rings (SSSR count). The molecule has 5 nitrogen and oxygen atoms in total. The highest BCUT2D eigenvalue weighted by molar-refractivity contribution is 5.77. The van der Waals surface area contributed by atoms with E-state index in [4.69, 9.17) is 4.74 Å². The molecule has 110 valence electrons. The van der Waals surface area contributed by atoms with Crippen molar-refractivity contribution < 1.29 is 9.53 Å². The number of nitrogens with one attached hydrogen (secondary N) is 2. The van der Waals surface area contributed by atoms with Gasteiger partial charge in [-0.1, -0.05) is 6.92 Å². The molecule has 0 aromatic rings. The molecule has 2 fully saturated rings. The molecule has 0 spiro atoms. The fourth-order valence-electron chi connectivity index (χ4n) is 2.83. The molecule has 1 unspecified atom stereocenters. The molecule has 0 bridgehead atoms. The third-order valence-electron chi connectivity index (χ3n) is 4.14. The molecule has 0 aliphatic carbocycles. The fourth-order valence-corrected chi connectivity index (χ4v) is 2.83. The Kier molecular flexibility index (Phi) is 6.07. The van der Waals surface area contributed by atoms with Gasteiger partial charge >= 0.3 is 0 Å². The van der Waals surface area contributed by atoms with Gasteiger partial charge in [0.05, 0.1) is 6.10 Å². The minimum absolute atomic E-state index is 0.0356. The van der Waals surface area contributed by atoms with Crippen LogP contribution in [0.1, 0.15) is 26.2 Å². The monoisotopic (exact) mass is 269 g/mol. The van der Waals surface area contributed by atoms with Gasteiger partial charge in [0.1, 0.15) is 6.61 Å². The van der Waals surface area contributed by atoms with E-state index in [-0.39, 0.29) is 18.6 Å². The van der Waals surface area contributed by atoms with Crippen molar-refractivity contribution in [3.8, 4) is 0 Å². The Morgan fingerprint density at radius 3 is 2.84 bits per heavy atom. The van der Waals surface area contributed by atoms with Crippen molar-refractivity contribution in [3.05, 3.63) is 0 Å². The van der Waals surface area contributed by atoms with Gasteiger partial charge in [-0.15, -0.1) is 0 Å². The minimum atomic E-state index is 0.0356. The fraction of sp³-hybridized carbons (Fsp3) is 0.929. The average molecular weight is 269 g/mol. The number of nitrogens with zero attached hydrogens (tertiary/aromatic N) is 1. The highest BCUT2D eigenvalue weighted by Crippen LogP contribution is 2.14. The van der Waals surface area contributed by atoms with E-state index in [0.717, 1.165) is 45.6 Å². The van der Waals surface area contributed by atoms with Gasteiger partial charge in [0, 0.05) is 13.1 Å². The Bertz CT molecular complexity index is 280. The third kappa shape index (κ3) is 5.09. The summed E-state index contributed by atoms with van der Waals surface area (Å²) in [4.78, 5) is 14.2. The molecule has 5 heteroatoms. The van der Waals surface area contributed by atoms with E-state index in [2.05, 4.69) is 22.5 Å². The van der Waals surface area contributed by atoms with Crippen molar-refractivity contribution in [2.75, 3.05) is 45.9 Å². The largest absolute Gasteiger partial charge is 0.368 e. The summed E-state index contributed by atoms with van der Waals surface area (Å²) in [5.74, 6) is 0.649. The standard InChI is InChI=1S/C14H27N3O2/c1-2-17-8-5-12(10-17)9-16-14(18)11-19-13-3-6-15-7-4-13/h12-13,15H,2-11H2,1H3,(H,16,18). The van der Waals surface area contributed by atoms with Crippen LogP contribution in [0.2, 0.25) is 0 Å². The zero-order valence-corrected chi connectivity index (χ0v) is 12.0. The summed E-state index contributed by atoms with van der Waals surface area (Å²) in [6.07, 6.45) is 3.49. The van der Waals surface area contributed by atoms with Crippen LogP contribution in [0.3, 0.4) is 0 Å². The van der Waals surface area contributed by atoms with Crippen molar-refractivity contribution in [3.63, 3.8) is 0 Å². The molecule has 2 aliphatic rings. The molecule has 2 saturated heterocycles. The lowest BCUT2D eigenvalue weighted by atomic mass is 10.1. The van der Waals surface area contributed by atoms with Gasteiger partial charge in [-0.2, -0.15) is 0 Å². The number of piperidine rings is 1. The van der Waals surface area contributed by atoms with Crippen LogP contribution in [0.15, 0.2) is 0 Å². The minimum Gasteiger partial charge on any atom is -0.368 e. The van der Waals surface area contributed by atoms with Gasteiger partial charge in [-0.3, -0.25) is 4.79 Å². The van der Waals surface area contributed by atoms with Crippen molar-refractivity contribution in [1.29, 1.82) is 0 Å². The van der Waals surface area contributed by atoms with Crippen LogP contribution in [0.25, 0.3) is 0 Å². The lowest BCUT2D eigenvalue weighted by molar-refractivity contribution is -0.128. The van der Waals surface area contributed by atoms with E-state index in [1.165, 1.54) is 13.0 Å². The quantitative estimate of drug-likeness (QED) is 0.724. The zero-order chi connectivity index (χ0) is 13.5. The number of carbonyl (C=O) groups excluding carboxylic acids is 1. The third-order valence-corrected chi connectivity index (χ3v) is 4.14. The van der Waals surface area contributed by atoms with Crippen LogP contribution in [0.5, 0.6) is 0 Å². The first-order valence-electron chi connectivity index (χ1n) is 7.59. The second kappa shape index (κ2) is 7.82. The summed E-state index contributed by atoms with van der Waals surface area (Å²) in [6, 6.07) is 0. The zero-order valence-electron chi connectivity index (χ0n) is 12.0. The van der Waals surface area contributed by atoms with E-state index >= 15 is 0 Å². The molecule has 19 heavy (non-hydrogen) atoms. The normalized spacial score (nSPS) is 25.6. The second-order valence-corrected chi connectivity index (χ2v) is 5.61. The Balaban J connectivity index is 1.54. The van der Waals surface area contributed by atoms with Crippen LogP contribution in [0.4, 0.5) is 0 Å². The van der Waals surface area contributed by atoms with E-state index in [9.17, 15) is 4.79 Å². The van der Waals surface area contributed by atoms with E-state index in [1.807, 2.05) is 0 Å². The predicted octanol–water partition coefficient (Wildman–Crippen LogP) is 0.213. The van der Waals surface area contributed by atoms with Gasteiger partial charge in [-0.25, -0.2) is 0 Å². The highest BCUT2D eigenvalue weighted by Gasteiger charge is 2.21. The van der Waals surface area contributed by atoms with Gasteiger partial charge in [0.15, 0.2) is 0 Å². The Labute approximate surface area is 116 Å². The van der Waals surface area contributed by atoms with Crippen molar-refractivity contribution in [1.82, 2.24) is 15.5 Å². The van der Waals surface area contributed by atoms with Gasteiger partial charge in [-0.05, 0) is 51.4 Å². The molecule has 0 aromatic heterocycles. The van der Waals surface area contributed by atoms with Crippen LogP contribution >= 0.6 is 0 Å². The number of amides is 1. The summed E-state index contributed by atoms with van der Waals surface area (Å²) in [6.45, 7) is 8.61. The molecule has 0 aromatic carbocycles. The van der Waals surface area contributed by atoms with Crippen molar-refractivity contribution in [2.45, 2.75) is 32.3 Å². The van der Waals surface area contributed by atoms with Gasteiger partial charge in [0.2, 0.25) is 5.91 Å². The smallest absolute Gasteiger partial charge is 0.246 e. The van der Waals surface area contributed by atoms with Crippen LogP contribution < -0.4 is 10.6 Å². The molecular weight excluding hydrogens is 242 g/mol. The molecule has 2 heterocycles. The molecule has 2 aliphatic heterocycles. The van der Waals surface area contributed by atoms with Crippen LogP contribution in [-0.4, -0.2) is 62.8 Å². The van der Waals surface area contributed by atoms with E-state index in [1.54, 1.807) is 0 Å². The summed E-state index contributed by atoms with van der Waals surface area (Å²) in [7, 11) is 0. The lowest BCUT2D eigenvalue weighted by Crippen LogP contribution is -2.37. The van der Waals surface area contributed by atoms with E-state index < -0.39 is 0 Å². The molecule has 1 atom stereocenters. The predicted molar refractivity (Wildman–Crippen MR) is 75.1 cm³/mol. The summed E-state index contributed by atoms with van der Waals surface area (Å²) in [5, 5.41) is 6.29. The number of hydrogen-bond acceptors (Lipinski definition) is 4. The molecule has 2 N–H and O–H groups in total. The number of rotatable bonds is 6. The highest BCUT2D eigenvalue weighted by atomic mass is 16.5. The van der Waals surface area contributed by atoms with E-state index in [0.29, 0.717) is 5.92 Å². The van der Waals surface area contributed by atoms with Crippen LogP contribution in [-0.2, 0) is 9.53 Å². The Morgan fingerprint density at radius 2 is 2.16 bits per heavy atom. The SMILES string of the molecule is CCN1CCC(CNC(=O)COC2CCNCC2)C1. The second-order valence-electron chi connectivity index (χ2n) is 5.61. The average Bonchev–Trinajstić information content (AvgIpc) is 2.92. The first-order valence-corrected chi connectivity index (χ1v) is 7.59. The maximum Gasteiger partial charge on any atom is 0.246 e. The topological polar surface area (TPSA) is 53.6 Å². The lowest BCUT2D eigenvalue weighted by Gasteiger charge is -2.22.